The molecular weight excluding hydrogens is 194 g/mol. The molecule has 1 heteroatoms. The fraction of sp³-hybridized carbons (Fsp3) is 0.200. The van der Waals surface area contributed by atoms with Crippen LogP contribution in [0.1, 0.15) is 25.1 Å². The molecular formula is C15H19N. The SMILES string of the molecule is C=C/C=c1/c(/C=C\C)c(C=C)n(C)/c1=C/C. The molecule has 0 radical (unpaired) electrons. The molecule has 0 spiro atoms. The third-order valence-electron chi connectivity index (χ3n) is 2.65. The highest BCUT2D eigenvalue weighted by Crippen LogP contribution is 2.06. The second kappa shape index (κ2) is 5.36. The van der Waals surface area contributed by atoms with Gasteiger partial charge in [0.25, 0.3) is 0 Å². The molecule has 0 saturated heterocycles. The summed E-state index contributed by atoms with van der Waals surface area (Å²) in [6.07, 6.45) is 12.0. The van der Waals surface area contributed by atoms with Crippen LogP contribution in [0.3, 0.4) is 0 Å². The quantitative estimate of drug-likeness (QED) is 0.727. The number of allylic oxidation sites excluding steroid dienone is 2. The summed E-state index contributed by atoms with van der Waals surface area (Å²) in [5, 5.41) is 2.40. The summed E-state index contributed by atoms with van der Waals surface area (Å²) in [5.74, 6) is 0. The molecule has 0 aliphatic rings. The Balaban J connectivity index is 3.89. The molecule has 1 nitrogen and oxygen atoms in total. The number of aromatic nitrogens is 1. The third kappa shape index (κ3) is 1.94. The molecule has 1 rings (SSSR count). The summed E-state index contributed by atoms with van der Waals surface area (Å²) in [6.45, 7) is 11.7. The number of hydrogen-bond acceptors (Lipinski definition) is 0. The van der Waals surface area contributed by atoms with Gasteiger partial charge in [0.1, 0.15) is 0 Å². The first kappa shape index (κ1) is 12.3. The van der Waals surface area contributed by atoms with Crippen LogP contribution in [-0.2, 0) is 7.05 Å². The van der Waals surface area contributed by atoms with Gasteiger partial charge in [-0.15, -0.1) is 0 Å². The number of nitrogens with zero attached hydrogens (tertiary/aromatic N) is 1. The Hall–Kier alpha value is -1.76. The van der Waals surface area contributed by atoms with Crippen molar-refractivity contribution in [3.8, 4) is 0 Å². The Morgan fingerprint density at radius 1 is 1.19 bits per heavy atom. The van der Waals surface area contributed by atoms with Crippen molar-refractivity contribution < 1.29 is 0 Å². The fourth-order valence-electron chi connectivity index (χ4n) is 2.00. The molecule has 0 aromatic carbocycles. The first-order valence-corrected chi connectivity index (χ1v) is 5.44. The molecule has 0 unspecified atom stereocenters. The highest BCUT2D eigenvalue weighted by Gasteiger charge is 2.05. The van der Waals surface area contributed by atoms with E-state index in [1.165, 1.54) is 16.1 Å². The van der Waals surface area contributed by atoms with Gasteiger partial charge >= 0.3 is 0 Å². The van der Waals surface area contributed by atoms with Gasteiger partial charge < -0.3 is 4.57 Å². The molecule has 1 aromatic heterocycles. The maximum Gasteiger partial charge on any atom is 0.0482 e. The summed E-state index contributed by atoms with van der Waals surface area (Å²) in [6, 6.07) is 0. The van der Waals surface area contributed by atoms with Gasteiger partial charge in [0.15, 0.2) is 0 Å². The Morgan fingerprint density at radius 3 is 2.31 bits per heavy atom. The van der Waals surface area contributed by atoms with Crippen LogP contribution in [0.15, 0.2) is 25.3 Å². The van der Waals surface area contributed by atoms with Gasteiger partial charge in [-0.3, -0.25) is 0 Å². The largest absolute Gasteiger partial charge is 0.344 e. The maximum atomic E-state index is 3.88. The second-order valence-electron chi connectivity index (χ2n) is 3.55. The van der Waals surface area contributed by atoms with Crippen molar-refractivity contribution in [1.82, 2.24) is 4.57 Å². The Bertz CT molecular complexity index is 539. The van der Waals surface area contributed by atoms with E-state index in [9.17, 15) is 0 Å². The van der Waals surface area contributed by atoms with Gasteiger partial charge in [0.2, 0.25) is 0 Å². The predicted octanol–water partition coefficient (Wildman–Crippen LogP) is 2.47. The molecule has 1 aromatic rings. The molecule has 0 N–H and O–H groups in total. The van der Waals surface area contributed by atoms with E-state index in [1.54, 1.807) is 0 Å². The van der Waals surface area contributed by atoms with E-state index < -0.39 is 0 Å². The van der Waals surface area contributed by atoms with Crippen LogP contribution < -0.4 is 10.6 Å². The average Bonchev–Trinajstić information content (AvgIpc) is 2.52. The zero-order chi connectivity index (χ0) is 12.1. The first-order valence-electron chi connectivity index (χ1n) is 5.44. The van der Waals surface area contributed by atoms with Crippen LogP contribution in [0.25, 0.3) is 24.3 Å². The topological polar surface area (TPSA) is 4.93 Å². The lowest BCUT2D eigenvalue weighted by Crippen LogP contribution is -2.28. The molecule has 0 aliphatic heterocycles. The molecule has 0 bridgehead atoms. The lowest BCUT2D eigenvalue weighted by molar-refractivity contribution is 0.876. The van der Waals surface area contributed by atoms with E-state index in [0.717, 1.165) is 5.69 Å². The zero-order valence-corrected chi connectivity index (χ0v) is 10.3. The third-order valence-corrected chi connectivity index (χ3v) is 2.65. The number of hydrogen-bond donors (Lipinski definition) is 0. The molecule has 0 amide bonds. The van der Waals surface area contributed by atoms with E-state index in [-0.39, 0.29) is 0 Å². The van der Waals surface area contributed by atoms with Crippen molar-refractivity contribution >= 4 is 24.3 Å². The van der Waals surface area contributed by atoms with Crippen molar-refractivity contribution in [2.24, 2.45) is 7.05 Å². The minimum Gasteiger partial charge on any atom is -0.344 e. The second-order valence-corrected chi connectivity index (χ2v) is 3.55. The van der Waals surface area contributed by atoms with Crippen LogP contribution >= 0.6 is 0 Å². The normalized spacial score (nSPS) is 13.7. The van der Waals surface area contributed by atoms with Gasteiger partial charge in [-0.25, -0.2) is 0 Å². The highest BCUT2D eigenvalue weighted by molar-refractivity contribution is 5.65. The minimum absolute atomic E-state index is 1.14. The Morgan fingerprint density at radius 2 is 1.88 bits per heavy atom. The zero-order valence-electron chi connectivity index (χ0n) is 10.3. The fourth-order valence-corrected chi connectivity index (χ4v) is 2.00. The average molecular weight is 213 g/mol. The highest BCUT2D eigenvalue weighted by atomic mass is 14.9. The molecule has 0 fully saturated rings. The van der Waals surface area contributed by atoms with Gasteiger partial charge in [-0.2, -0.15) is 0 Å². The van der Waals surface area contributed by atoms with Gasteiger partial charge in [0, 0.05) is 28.9 Å². The molecule has 0 saturated carbocycles. The maximum absolute atomic E-state index is 3.88. The summed E-state index contributed by atoms with van der Waals surface area (Å²) < 4.78 is 2.15. The molecule has 84 valence electrons. The predicted molar refractivity (Wildman–Crippen MR) is 74.3 cm³/mol. The van der Waals surface area contributed by atoms with E-state index in [4.69, 9.17) is 0 Å². The van der Waals surface area contributed by atoms with E-state index >= 15 is 0 Å². The summed E-state index contributed by atoms with van der Waals surface area (Å²) in [7, 11) is 2.06. The van der Waals surface area contributed by atoms with Crippen molar-refractivity contribution in [2.45, 2.75) is 13.8 Å². The van der Waals surface area contributed by atoms with E-state index in [2.05, 4.69) is 36.9 Å². The van der Waals surface area contributed by atoms with Gasteiger partial charge in [0.05, 0.1) is 0 Å². The van der Waals surface area contributed by atoms with Crippen LogP contribution in [-0.4, -0.2) is 4.57 Å². The summed E-state index contributed by atoms with van der Waals surface area (Å²) in [5.41, 5.74) is 2.34. The van der Waals surface area contributed by atoms with Crippen LogP contribution in [0.5, 0.6) is 0 Å². The van der Waals surface area contributed by atoms with Crippen molar-refractivity contribution in [3.63, 3.8) is 0 Å². The molecule has 0 atom stereocenters. The molecule has 0 aliphatic carbocycles. The van der Waals surface area contributed by atoms with Gasteiger partial charge in [-0.05, 0) is 19.9 Å². The lowest BCUT2D eigenvalue weighted by atomic mass is 10.1. The smallest absolute Gasteiger partial charge is 0.0482 e. The summed E-state index contributed by atoms with van der Waals surface area (Å²) >= 11 is 0. The van der Waals surface area contributed by atoms with Crippen LogP contribution in [0.2, 0.25) is 0 Å². The van der Waals surface area contributed by atoms with Gasteiger partial charge in [-0.1, -0.05) is 43.5 Å². The van der Waals surface area contributed by atoms with Crippen molar-refractivity contribution in [1.29, 1.82) is 0 Å². The molecule has 1 heterocycles. The van der Waals surface area contributed by atoms with Crippen LogP contribution in [0, 0.1) is 0 Å². The Kier molecular flexibility index (Phi) is 4.12. The standard InChI is InChI=1S/C15H19N/c1-6-10-12-13(11-7-2)15(9-4)16(5)14(12)8-3/h6-11H,1,4H2,2-3,5H3/b11-7-,12-10-,14-8+. The van der Waals surface area contributed by atoms with E-state index in [0.29, 0.717) is 0 Å². The molecule has 16 heavy (non-hydrogen) atoms. The lowest BCUT2D eigenvalue weighted by Gasteiger charge is -1.97. The van der Waals surface area contributed by atoms with Crippen molar-refractivity contribution in [2.75, 3.05) is 0 Å². The van der Waals surface area contributed by atoms with Crippen LogP contribution in [0.4, 0.5) is 0 Å². The first-order chi connectivity index (χ1) is 7.71. The Labute approximate surface area is 97.4 Å². The van der Waals surface area contributed by atoms with E-state index in [1.807, 2.05) is 38.2 Å². The monoisotopic (exact) mass is 213 g/mol. The summed E-state index contributed by atoms with van der Waals surface area (Å²) in [4.78, 5) is 0. The minimum atomic E-state index is 1.14. The van der Waals surface area contributed by atoms with Crippen molar-refractivity contribution in [3.05, 3.63) is 47.1 Å². The number of rotatable bonds is 3.